The molecule has 2 rings (SSSR count). The minimum absolute atomic E-state index is 0.00502. The summed E-state index contributed by atoms with van der Waals surface area (Å²) in [5, 5.41) is 5.85. The van der Waals surface area contributed by atoms with Crippen molar-refractivity contribution in [2.45, 2.75) is 65.5 Å². The van der Waals surface area contributed by atoms with Crippen molar-refractivity contribution in [3.63, 3.8) is 0 Å². The van der Waals surface area contributed by atoms with Crippen molar-refractivity contribution < 1.29 is 9.59 Å². The molecule has 0 aliphatic carbocycles. The molecular weight excluding hydrogens is 338 g/mol. The van der Waals surface area contributed by atoms with E-state index in [1.165, 1.54) is 44.0 Å². The molecule has 0 radical (unpaired) electrons. The van der Waals surface area contributed by atoms with E-state index < -0.39 is 0 Å². The molecule has 1 aromatic carbocycles. The van der Waals surface area contributed by atoms with E-state index in [0.29, 0.717) is 19.5 Å². The van der Waals surface area contributed by atoms with Gasteiger partial charge in [0.15, 0.2) is 0 Å². The minimum Gasteiger partial charge on any atom is -0.356 e. The number of unbranched alkanes of at least 4 members (excludes halogenated alkanes) is 2. The zero-order valence-electron chi connectivity index (χ0n) is 16.9. The first kappa shape index (κ1) is 21.4. The third kappa shape index (κ3) is 8.57. The van der Waals surface area contributed by atoms with Crippen LogP contribution in [0.15, 0.2) is 24.3 Å². The second-order valence-electron chi connectivity index (χ2n) is 7.82. The van der Waals surface area contributed by atoms with Crippen LogP contribution >= 0.6 is 0 Å². The van der Waals surface area contributed by atoms with Crippen LogP contribution in [0.2, 0.25) is 0 Å². The van der Waals surface area contributed by atoms with Crippen LogP contribution in [0.4, 0.5) is 0 Å². The van der Waals surface area contributed by atoms with Gasteiger partial charge >= 0.3 is 0 Å². The van der Waals surface area contributed by atoms with Gasteiger partial charge in [-0.05, 0) is 49.3 Å². The second-order valence-corrected chi connectivity index (χ2v) is 7.82. The van der Waals surface area contributed by atoms with Crippen LogP contribution in [-0.4, -0.2) is 36.3 Å². The summed E-state index contributed by atoms with van der Waals surface area (Å²) in [6.45, 7) is 8.46. The third-order valence-electron chi connectivity index (χ3n) is 5.18. The second kappa shape index (κ2) is 11.8. The summed E-state index contributed by atoms with van der Waals surface area (Å²) < 4.78 is 0. The van der Waals surface area contributed by atoms with Gasteiger partial charge in [-0.15, -0.1) is 0 Å². The Hall–Kier alpha value is -1.88. The van der Waals surface area contributed by atoms with E-state index in [1.54, 1.807) is 0 Å². The quantitative estimate of drug-likeness (QED) is 0.619. The molecule has 5 nitrogen and oxygen atoms in total. The first-order valence-electron chi connectivity index (χ1n) is 10.3. The van der Waals surface area contributed by atoms with Crippen molar-refractivity contribution in [3.8, 4) is 0 Å². The maximum atomic E-state index is 12.1. The van der Waals surface area contributed by atoms with Crippen LogP contribution in [0.25, 0.3) is 0 Å². The summed E-state index contributed by atoms with van der Waals surface area (Å²) in [6, 6.07) is 8.44. The predicted molar refractivity (Wildman–Crippen MR) is 109 cm³/mol. The van der Waals surface area contributed by atoms with Gasteiger partial charge in [-0.25, -0.2) is 0 Å². The van der Waals surface area contributed by atoms with Crippen molar-refractivity contribution in [2.75, 3.05) is 19.6 Å². The normalized spacial score (nSPS) is 17.5. The van der Waals surface area contributed by atoms with Gasteiger partial charge in [0.05, 0.1) is 0 Å². The Morgan fingerprint density at radius 2 is 1.89 bits per heavy atom. The van der Waals surface area contributed by atoms with Crippen LogP contribution in [-0.2, 0) is 22.7 Å². The third-order valence-corrected chi connectivity index (χ3v) is 5.18. The summed E-state index contributed by atoms with van der Waals surface area (Å²) in [5.41, 5.74) is 2.54. The molecule has 150 valence electrons. The first-order valence-corrected chi connectivity index (χ1v) is 10.3. The van der Waals surface area contributed by atoms with Gasteiger partial charge in [0.25, 0.3) is 0 Å². The fourth-order valence-corrected chi connectivity index (χ4v) is 3.69. The lowest BCUT2D eigenvalue weighted by molar-refractivity contribution is -0.121. The number of carbonyl (C=O) groups is 2. The van der Waals surface area contributed by atoms with Gasteiger partial charge in [0, 0.05) is 39.5 Å². The molecule has 1 saturated heterocycles. The molecule has 1 heterocycles. The highest BCUT2D eigenvalue weighted by Gasteiger charge is 2.17. The Kier molecular flexibility index (Phi) is 9.32. The number of amides is 2. The number of likely N-dealkylation sites (tertiary alicyclic amines) is 1. The number of carbonyl (C=O) groups excluding carboxylic acids is 2. The van der Waals surface area contributed by atoms with E-state index in [4.69, 9.17) is 0 Å². The lowest BCUT2D eigenvalue weighted by Gasteiger charge is -2.31. The molecule has 2 N–H and O–H groups in total. The van der Waals surface area contributed by atoms with Gasteiger partial charge in [-0.3, -0.25) is 14.5 Å². The topological polar surface area (TPSA) is 61.4 Å². The highest BCUT2D eigenvalue weighted by Crippen LogP contribution is 2.19. The number of nitrogens with one attached hydrogen (secondary N) is 2. The van der Waals surface area contributed by atoms with E-state index in [-0.39, 0.29) is 11.8 Å². The smallest absolute Gasteiger partial charge is 0.220 e. The summed E-state index contributed by atoms with van der Waals surface area (Å²) >= 11 is 0. The van der Waals surface area contributed by atoms with Crippen LogP contribution in [0.5, 0.6) is 0 Å². The largest absolute Gasteiger partial charge is 0.356 e. The van der Waals surface area contributed by atoms with Crippen molar-refractivity contribution >= 4 is 11.8 Å². The average Bonchev–Trinajstić information content (AvgIpc) is 2.63. The van der Waals surface area contributed by atoms with Gasteiger partial charge in [0.2, 0.25) is 11.8 Å². The lowest BCUT2D eigenvalue weighted by atomic mass is 9.99. The summed E-state index contributed by atoms with van der Waals surface area (Å²) in [6.07, 6.45) is 5.90. The van der Waals surface area contributed by atoms with Gasteiger partial charge in [-0.2, -0.15) is 0 Å². The molecule has 1 fully saturated rings. The van der Waals surface area contributed by atoms with E-state index in [9.17, 15) is 9.59 Å². The monoisotopic (exact) mass is 373 g/mol. The molecule has 0 saturated carbocycles. The highest BCUT2D eigenvalue weighted by molar-refractivity contribution is 5.75. The zero-order chi connectivity index (χ0) is 19.5. The van der Waals surface area contributed by atoms with Crippen molar-refractivity contribution in [1.29, 1.82) is 0 Å². The Labute approximate surface area is 163 Å². The number of nitrogens with zero attached hydrogens (tertiary/aromatic N) is 1. The molecule has 0 bridgehead atoms. The van der Waals surface area contributed by atoms with Crippen molar-refractivity contribution in [2.24, 2.45) is 5.92 Å². The maximum absolute atomic E-state index is 12.1. The SMILES string of the molecule is CC(=O)NCCCCCC(=O)NCc1ccccc1CN1CCC[C@H](C)C1. The van der Waals surface area contributed by atoms with Crippen LogP contribution in [0.3, 0.4) is 0 Å². The standard InChI is InChI=1S/C22H35N3O2/c1-18-9-8-14-25(16-18)17-21-11-6-5-10-20(21)15-24-22(27)12-4-3-7-13-23-19(2)26/h5-6,10-11,18H,3-4,7-9,12-17H2,1-2H3,(H,23,26)(H,24,27)/t18-/m0/s1. The van der Waals surface area contributed by atoms with E-state index in [0.717, 1.165) is 31.7 Å². The molecule has 5 heteroatoms. The summed E-state index contributed by atoms with van der Waals surface area (Å²) in [7, 11) is 0. The van der Waals surface area contributed by atoms with Crippen LogP contribution < -0.4 is 10.6 Å². The fraction of sp³-hybridized carbons (Fsp3) is 0.636. The van der Waals surface area contributed by atoms with E-state index in [1.807, 2.05) is 6.07 Å². The van der Waals surface area contributed by atoms with Gasteiger partial charge < -0.3 is 10.6 Å². The number of benzene rings is 1. The molecule has 1 aliphatic rings. The zero-order valence-corrected chi connectivity index (χ0v) is 16.9. The molecule has 0 unspecified atom stereocenters. The number of rotatable bonds is 10. The van der Waals surface area contributed by atoms with Crippen LogP contribution in [0.1, 0.15) is 63.5 Å². The number of piperidine rings is 1. The molecule has 0 spiro atoms. The predicted octanol–water partition coefficient (Wildman–Crippen LogP) is 3.23. The van der Waals surface area contributed by atoms with Crippen LogP contribution in [0, 0.1) is 5.92 Å². The number of hydrogen-bond acceptors (Lipinski definition) is 3. The first-order chi connectivity index (χ1) is 13.0. The average molecular weight is 374 g/mol. The van der Waals surface area contributed by atoms with E-state index in [2.05, 4.69) is 40.7 Å². The Bertz CT molecular complexity index is 603. The molecular formula is C22H35N3O2. The van der Waals surface area contributed by atoms with E-state index >= 15 is 0 Å². The molecule has 1 aliphatic heterocycles. The summed E-state index contributed by atoms with van der Waals surface area (Å²) in [4.78, 5) is 25.4. The Balaban J connectivity index is 1.70. The molecule has 27 heavy (non-hydrogen) atoms. The van der Waals surface area contributed by atoms with Crippen molar-refractivity contribution in [3.05, 3.63) is 35.4 Å². The molecule has 1 atom stereocenters. The van der Waals surface area contributed by atoms with Gasteiger partial charge in [-0.1, -0.05) is 37.6 Å². The van der Waals surface area contributed by atoms with Gasteiger partial charge in [0.1, 0.15) is 0 Å². The summed E-state index contributed by atoms with van der Waals surface area (Å²) in [5.74, 6) is 0.887. The Morgan fingerprint density at radius 3 is 2.63 bits per heavy atom. The van der Waals surface area contributed by atoms with Crippen molar-refractivity contribution in [1.82, 2.24) is 15.5 Å². The molecule has 0 aromatic heterocycles. The minimum atomic E-state index is 0.00502. The molecule has 1 aromatic rings. The fourth-order valence-electron chi connectivity index (χ4n) is 3.69. The number of hydrogen-bond donors (Lipinski definition) is 2. The maximum Gasteiger partial charge on any atom is 0.220 e. The molecule has 2 amide bonds. The highest BCUT2D eigenvalue weighted by atomic mass is 16.2. The Morgan fingerprint density at radius 1 is 1.11 bits per heavy atom. The lowest BCUT2D eigenvalue weighted by Crippen LogP contribution is -2.34.